The Morgan fingerprint density at radius 2 is 1.67 bits per heavy atom. The fraction of sp³-hybridized carbons (Fsp3) is 0.321. The fourth-order valence-corrected chi connectivity index (χ4v) is 4.15. The lowest BCUT2D eigenvalue weighted by Crippen LogP contribution is -2.31. The zero-order chi connectivity index (χ0) is 23.4. The van der Waals surface area contributed by atoms with Crippen molar-refractivity contribution in [2.75, 3.05) is 0 Å². The van der Waals surface area contributed by atoms with Crippen molar-refractivity contribution < 1.29 is 23.8 Å². The van der Waals surface area contributed by atoms with Crippen LogP contribution in [0.5, 0.6) is 5.75 Å². The Bertz CT molecular complexity index is 1070. The molecule has 0 bridgehead atoms. The van der Waals surface area contributed by atoms with E-state index in [0.29, 0.717) is 24.0 Å². The van der Waals surface area contributed by atoms with E-state index in [9.17, 15) is 9.59 Å². The van der Waals surface area contributed by atoms with Crippen LogP contribution in [0.1, 0.15) is 50.7 Å². The largest absolute Gasteiger partial charge is 0.487 e. The predicted octanol–water partition coefficient (Wildman–Crippen LogP) is 5.86. The molecular weight excluding hydrogens is 416 g/mol. The van der Waals surface area contributed by atoms with Gasteiger partial charge in [0, 0.05) is 18.4 Å². The summed E-state index contributed by atoms with van der Waals surface area (Å²) in [7, 11) is 0. The van der Waals surface area contributed by atoms with Gasteiger partial charge >= 0.3 is 11.9 Å². The smallest absolute Gasteiger partial charge is 0.342 e. The Balaban J connectivity index is 1.43. The van der Waals surface area contributed by atoms with Crippen molar-refractivity contribution in [1.29, 1.82) is 0 Å². The summed E-state index contributed by atoms with van der Waals surface area (Å²) in [5, 5.41) is 0. The maximum Gasteiger partial charge on any atom is 0.342 e. The molecule has 2 saturated heterocycles. The molecular formula is C28H28O5. The summed E-state index contributed by atoms with van der Waals surface area (Å²) in [6.07, 6.45) is 3.05. The van der Waals surface area contributed by atoms with Gasteiger partial charge < -0.3 is 14.2 Å². The van der Waals surface area contributed by atoms with Gasteiger partial charge in [0.15, 0.2) is 0 Å². The van der Waals surface area contributed by atoms with Crippen LogP contribution in [0.2, 0.25) is 0 Å². The second-order valence-electron chi connectivity index (χ2n) is 8.45. The van der Waals surface area contributed by atoms with Gasteiger partial charge in [0.05, 0.1) is 5.57 Å². The quantitative estimate of drug-likeness (QED) is 0.290. The van der Waals surface area contributed by atoms with Gasteiger partial charge in [-0.15, -0.1) is 5.73 Å². The van der Waals surface area contributed by atoms with Crippen LogP contribution in [0.4, 0.5) is 0 Å². The summed E-state index contributed by atoms with van der Waals surface area (Å²) in [4.78, 5) is 23.5. The van der Waals surface area contributed by atoms with Gasteiger partial charge in [0.2, 0.25) is 0 Å². The second kappa shape index (κ2) is 9.93. The third-order valence-corrected chi connectivity index (χ3v) is 6.11. The number of unbranched alkanes of at least 4 members (excludes halogenated alkanes) is 1. The van der Waals surface area contributed by atoms with E-state index in [0.717, 1.165) is 41.7 Å². The van der Waals surface area contributed by atoms with Crippen LogP contribution in [-0.2, 0) is 19.1 Å². The summed E-state index contributed by atoms with van der Waals surface area (Å²) < 4.78 is 17.1. The third kappa shape index (κ3) is 5.10. The van der Waals surface area contributed by atoms with Crippen molar-refractivity contribution in [2.45, 2.75) is 57.3 Å². The number of carbonyl (C=O) groups excluding carboxylic acids is 2. The first-order chi connectivity index (χ1) is 16.0. The van der Waals surface area contributed by atoms with Gasteiger partial charge in [-0.1, -0.05) is 62.9 Å². The first kappa shape index (κ1) is 22.6. The zero-order valence-electron chi connectivity index (χ0n) is 18.8. The normalized spacial score (nSPS) is 20.9. The molecule has 2 aliphatic rings. The molecule has 2 aliphatic heterocycles. The molecule has 0 spiro atoms. The number of rotatable bonds is 8. The summed E-state index contributed by atoms with van der Waals surface area (Å²) in [6.45, 7) is 9.44. The molecule has 2 aromatic carbocycles. The second-order valence-corrected chi connectivity index (χ2v) is 8.45. The minimum Gasteiger partial charge on any atom is -0.487 e. The molecule has 2 aromatic rings. The number of ether oxygens (including phenoxy) is 3. The number of esters is 2. The Labute approximate surface area is 194 Å². The molecule has 0 radical (unpaired) electrons. The number of hydrogen-bond donors (Lipinski definition) is 0. The number of cyclic esters (lactones) is 2. The standard InChI is InChI=1S/C28H28O5/c1-4-6-7-24(26-17-19(5-2)28(30)33-26)31-23-14-12-21(13-15-23)20-8-10-22(11-9-20)25-16-18(3)27(29)32-25/h8-15,24-26H,2-4,6-7,16-17H2,1H3. The number of carbonyl (C=O) groups is 2. The fourth-order valence-electron chi connectivity index (χ4n) is 4.15. The Hall–Kier alpha value is -3.56. The molecule has 0 N–H and O–H groups in total. The maximum absolute atomic E-state index is 11.9. The molecule has 4 rings (SSSR count). The lowest BCUT2D eigenvalue weighted by atomic mass is 10.00. The van der Waals surface area contributed by atoms with E-state index in [1.165, 1.54) is 0 Å². The minimum absolute atomic E-state index is 0.214. The molecule has 3 unspecified atom stereocenters. The first-order valence-electron chi connectivity index (χ1n) is 11.3. The molecule has 0 aliphatic carbocycles. The van der Waals surface area contributed by atoms with E-state index in [4.69, 9.17) is 14.2 Å². The van der Waals surface area contributed by atoms with Gasteiger partial charge in [0.25, 0.3) is 0 Å². The number of benzene rings is 2. The van der Waals surface area contributed by atoms with E-state index >= 15 is 0 Å². The Kier molecular flexibility index (Phi) is 6.81. The van der Waals surface area contributed by atoms with Crippen molar-refractivity contribution in [3.05, 3.63) is 84.1 Å². The first-order valence-corrected chi connectivity index (χ1v) is 11.3. The van der Waals surface area contributed by atoms with Gasteiger partial charge in [-0.3, -0.25) is 0 Å². The van der Waals surface area contributed by atoms with Crippen molar-refractivity contribution in [2.24, 2.45) is 0 Å². The van der Waals surface area contributed by atoms with Crippen LogP contribution in [0, 0.1) is 0 Å². The van der Waals surface area contributed by atoms with E-state index in [1.807, 2.05) is 48.5 Å². The lowest BCUT2D eigenvalue weighted by molar-refractivity contribution is -0.142. The Morgan fingerprint density at radius 1 is 1.00 bits per heavy atom. The van der Waals surface area contributed by atoms with Gasteiger partial charge in [0.1, 0.15) is 24.1 Å². The highest BCUT2D eigenvalue weighted by molar-refractivity contribution is 5.90. The SMILES string of the molecule is C=C=C1CC(C(CCCC)Oc2ccc(-c3ccc(C4CC(=C)C(=O)O4)cc3)cc2)OC1=O. The number of hydrogen-bond acceptors (Lipinski definition) is 5. The van der Waals surface area contributed by atoms with Crippen LogP contribution in [0.3, 0.4) is 0 Å². The van der Waals surface area contributed by atoms with E-state index in [-0.39, 0.29) is 30.3 Å². The predicted molar refractivity (Wildman–Crippen MR) is 126 cm³/mol. The van der Waals surface area contributed by atoms with E-state index in [2.05, 4.69) is 25.8 Å². The molecule has 0 aromatic heterocycles. The summed E-state index contributed by atoms with van der Waals surface area (Å²) >= 11 is 0. The van der Waals surface area contributed by atoms with Gasteiger partial charge in [-0.05, 0) is 41.7 Å². The van der Waals surface area contributed by atoms with Gasteiger partial charge in [-0.2, -0.15) is 0 Å². The average molecular weight is 445 g/mol. The van der Waals surface area contributed by atoms with Crippen LogP contribution >= 0.6 is 0 Å². The monoisotopic (exact) mass is 444 g/mol. The molecule has 5 nitrogen and oxygen atoms in total. The highest BCUT2D eigenvalue weighted by Crippen LogP contribution is 2.34. The van der Waals surface area contributed by atoms with Crippen LogP contribution in [0.25, 0.3) is 11.1 Å². The Morgan fingerprint density at radius 3 is 2.21 bits per heavy atom. The molecule has 2 fully saturated rings. The zero-order valence-corrected chi connectivity index (χ0v) is 18.8. The highest BCUT2D eigenvalue weighted by Gasteiger charge is 2.36. The van der Waals surface area contributed by atoms with Crippen molar-refractivity contribution >= 4 is 11.9 Å². The third-order valence-electron chi connectivity index (χ3n) is 6.11. The molecule has 5 heteroatoms. The van der Waals surface area contributed by atoms with E-state index in [1.54, 1.807) is 0 Å². The van der Waals surface area contributed by atoms with Crippen LogP contribution in [-0.4, -0.2) is 24.1 Å². The molecule has 2 heterocycles. The lowest BCUT2D eigenvalue weighted by Gasteiger charge is -2.23. The topological polar surface area (TPSA) is 61.8 Å². The summed E-state index contributed by atoms with van der Waals surface area (Å²) in [5.41, 5.74) is 6.75. The molecule has 170 valence electrons. The highest BCUT2D eigenvalue weighted by atomic mass is 16.6. The van der Waals surface area contributed by atoms with Crippen molar-refractivity contribution in [3.8, 4) is 16.9 Å². The summed E-state index contributed by atoms with van der Waals surface area (Å²) in [5.74, 6) is 0.0662. The van der Waals surface area contributed by atoms with Crippen molar-refractivity contribution in [1.82, 2.24) is 0 Å². The molecule has 0 saturated carbocycles. The van der Waals surface area contributed by atoms with E-state index < -0.39 is 0 Å². The minimum atomic E-state index is -0.351. The van der Waals surface area contributed by atoms with Gasteiger partial charge in [-0.25, -0.2) is 9.59 Å². The summed E-state index contributed by atoms with van der Waals surface area (Å²) in [6, 6.07) is 15.9. The maximum atomic E-state index is 11.9. The average Bonchev–Trinajstić information content (AvgIpc) is 3.38. The molecule has 3 atom stereocenters. The molecule has 0 amide bonds. The van der Waals surface area contributed by atoms with Crippen LogP contribution in [0.15, 0.2) is 78.6 Å². The van der Waals surface area contributed by atoms with Crippen molar-refractivity contribution in [3.63, 3.8) is 0 Å². The van der Waals surface area contributed by atoms with Crippen LogP contribution < -0.4 is 4.74 Å². The molecule has 33 heavy (non-hydrogen) atoms.